The first kappa shape index (κ1) is 13.1. The predicted octanol–water partition coefficient (Wildman–Crippen LogP) is 1.47. The summed E-state index contributed by atoms with van der Waals surface area (Å²) in [5, 5.41) is 0. The Bertz CT molecular complexity index is 143. The Balaban J connectivity index is 0. The Morgan fingerprint density at radius 3 is 1.73 bits per heavy atom. The lowest BCUT2D eigenvalue weighted by Gasteiger charge is -1.92. The van der Waals surface area contributed by atoms with Gasteiger partial charge in [0, 0.05) is 6.16 Å². The molecule has 0 aromatic heterocycles. The van der Waals surface area contributed by atoms with Gasteiger partial charge in [-0.25, -0.2) is 0 Å². The van der Waals surface area contributed by atoms with Gasteiger partial charge in [0.2, 0.25) is 0 Å². The van der Waals surface area contributed by atoms with Crippen molar-refractivity contribution < 1.29 is 19.1 Å². The van der Waals surface area contributed by atoms with E-state index in [2.05, 4.69) is 17.9 Å². The third-order valence-corrected chi connectivity index (χ3v) is 1.43. The summed E-state index contributed by atoms with van der Waals surface area (Å²) in [6.07, 6.45) is 2.56. The molecule has 0 amide bonds. The topological polar surface area (TPSA) is 66.8 Å². The minimum atomic E-state index is -3.65. The highest BCUT2D eigenvalue weighted by atomic mass is 31.2. The van der Waals surface area contributed by atoms with Crippen LogP contribution < -0.4 is 0 Å². The molecule has 5 heteroatoms. The minimum absolute atomic E-state index is 0.0625. The van der Waals surface area contributed by atoms with E-state index in [1.807, 2.05) is 0 Å². The van der Waals surface area contributed by atoms with Gasteiger partial charge in [-0.1, -0.05) is 20.1 Å². The van der Waals surface area contributed by atoms with E-state index < -0.39 is 7.60 Å². The summed E-state index contributed by atoms with van der Waals surface area (Å²) in [6, 6.07) is 0. The highest BCUT2D eigenvalue weighted by Gasteiger charge is 2.05. The summed E-state index contributed by atoms with van der Waals surface area (Å²) >= 11 is 0. The molecule has 0 bridgehead atoms. The molecule has 0 unspecified atom stereocenters. The van der Waals surface area contributed by atoms with Crippen molar-refractivity contribution in [3.8, 4) is 0 Å². The van der Waals surface area contributed by atoms with Gasteiger partial charge < -0.3 is 14.5 Å². The molecule has 0 spiro atoms. The lowest BCUT2D eigenvalue weighted by Crippen LogP contribution is -1.76. The van der Waals surface area contributed by atoms with Crippen molar-refractivity contribution in [3.63, 3.8) is 0 Å². The molecule has 0 aromatic carbocycles. The van der Waals surface area contributed by atoms with Gasteiger partial charge in [0.15, 0.2) is 0 Å². The van der Waals surface area contributed by atoms with Gasteiger partial charge in [-0.05, 0) is 0 Å². The maximum Gasteiger partial charge on any atom is 0.325 e. The second kappa shape index (κ2) is 7.54. The average Bonchev–Trinajstić information content (AvgIpc) is 1.90. The van der Waals surface area contributed by atoms with Crippen LogP contribution in [-0.4, -0.2) is 15.9 Å². The van der Waals surface area contributed by atoms with Crippen molar-refractivity contribution >= 4 is 7.60 Å². The van der Waals surface area contributed by atoms with Crippen molar-refractivity contribution in [2.45, 2.75) is 6.92 Å². The van der Waals surface area contributed by atoms with Crippen LogP contribution in [0.15, 0.2) is 25.7 Å². The summed E-state index contributed by atoms with van der Waals surface area (Å²) in [5.74, 6) is 0. The molecule has 0 aliphatic carbocycles. The van der Waals surface area contributed by atoms with E-state index in [4.69, 9.17) is 9.79 Å². The summed E-state index contributed by atoms with van der Waals surface area (Å²) in [7, 11) is -3.65. The molecule has 11 heavy (non-hydrogen) atoms. The Hall–Kier alpha value is -0.570. The first-order valence-electron chi connectivity index (χ1n) is 2.89. The SMILES string of the molecule is C=COC=C.CCP(=O)(O)O. The van der Waals surface area contributed by atoms with Crippen LogP contribution in [0.1, 0.15) is 6.92 Å². The fraction of sp³-hybridized carbons (Fsp3) is 0.333. The molecule has 0 rings (SSSR count). The van der Waals surface area contributed by atoms with Crippen molar-refractivity contribution in [2.75, 3.05) is 6.16 Å². The average molecular weight is 180 g/mol. The molecule has 0 saturated carbocycles. The highest BCUT2D eigenvalue weighted by molar-refractivity contribution is 7.51. The smallest absolute Gasteiger partial charge is 0.325 e. The van der Waals surface area contributed by atoms with E-state index in [0.29, 0.717) is 0 Å². The van der Waals surface area contributed by atoms with Gasteiger partial charge in [0.25, 0.3) is 0 Å². The Morgan fingerprint density at radius 1 is 1.45 bits per heavy atom. The molecule has 0 aromatic rings. The highest BCUT2D eigenvalue weighted by Crippen LogP contribution is 2.32. The zero-order valence-corrected chi connectivity index (χ0v) is 7.33. The molecular weight excluding hydrogens is 167 g/mol. The van der Waals surface area contributed by atoms with E-state index in [0.717, 1.165) is 0 Å². The zero-order chi connectivity index (χ0) is 9.33. The summed E-state index contributed by atoms with van der Waals surface area (Å²) < 4.78 is 14.1. The zero-order valence-electron chi connectivity index (χ0n) is 6.43. The molecule has 66 valence electrons. The van der Waals surface area contributed by atoms with E-state index in [1.54, 1.807) is 0 Å². The quantitative estimate of drug-likeness (QED) is 0.509. The molecule has 0 heterocycles. The van der Waals surface area contributed by atoms with Crippen molar-refractivity contribution in [3.05, 3.63) is 25.7 Å². The lowest BCUT2D eigenvalue weighted by molar-refractivity contribution is 0.375. The van der Waals surface area contributed by atoms with Crippen LogP contribution in [0.2, 0.25) is 0 Å². The standard InChI is InChI=1S/C4H6O.C2H7O3P/c1-3-5-4-2;1-2-6(3,4)5/h3-4H,1-2H2;2H2,1H3,(H2,3,4,5). The van der Waals surface area contributed by atoms with Gasteiger partial charge >= 0.3 is 7.60 Å². The van der Waals surface area contributed by atoms with Crippen molar-refractivity contribution in [1.29, 1.82) is 0 Å². The van der Waals surface area contributed by atoms with Gasteiger partial charge in [-0.2, -0.15) is 0 Å². The predicted molar refractivity (Wildman–Crippen MR) is 44.1 cm³/mol. The van der Waals surface area contributed by atoms with E-state index in [-0.39, 0.29) is 6.16 Å². The number of ether oxygens (including phenoxy) is 1. The summed E-state index contributed by atoms with van der Waals surface area (Å²) in [6.45, 7) is 7.96. The minimum Gasteiger partial charge on any atom is -0.474 e. The molecule has 4 nitrogen and oxygen atoms in total. The molecule has 0 aliphatic rings. The van der Waals surface area contributed by atoms with E-state index >= 15 is 0 Å². The number of hydrogen-bond acceptors (Lipinski definition) is 2. The van der Waals surface area contributed by atoms with Gasteiger partial charge in [-0.15, -0.1) is 0 Å². The fourth-order valence-corrected chi connectivity index (χ4v) is 0.0680. The van der Waals surface area contributed by atoms with Crippen LogP contribution >= 0.6 is 7.60 Å². The van der Waals surface area contributed by atoms with Crippen LogP contribution in [0.5, 0.6) is 0 Å². The molecule has 0 fully saturated rings. The number of rotatable bonds is 3. The Kier molecular flexibility index (Phi) is 8.94. The summed E-state index contributed by atoms with van der Waals surface area (Å²) in [4.78, 5) is 15.9. The monoisotopic (exact) mass is 180 g/mol. The summed E-state index contributed by atoms with van der Waals surface area (Å²) in [5.41, 5.74) is 0. The lowest BCUT2D eigenvalue weighted by atomic mass is 11.0. The molecule has 0 aliphatic heterocycles. The molecule has 0 atom stereocenters. The first-order chi connectivity index (χ1) is 4.97. The van der Waals surface area contributed by atoms with Crippen LogP contribution in [0, 0.1) is 0 Å². The van der Waals surface area contributed by atoms with Gasteiger partial charge in [0.05, 0.1) is 12.5 Å². The second-order valence-electron chi connectivity index (χ2n) is 1.45. The largest absolute Gasteiger partial charge is 0.474 e. The van der Waals surface area contributed by atoms with Crippen molar-refractivity contribution in [1.82, 2.24) is 0 Å². The maximum atomic E-state index is 9.69. The fourth-order valence-electron chi connectivity index (χ4n) is 0.0680. The second-order valence-corrected chi connectivity index (χ2v) is 3.41. The molecule has 0 saturated heterocycles. The number of hydrogen-bond donors (Lipinski definition) is 2. The first-order valence-corrected chi connectivity index (χ1v) is 4.69. The van der Waals surface area contributed by atoms with Crippen LogP contribution in [0.25, 0.3) is 0 Å². The third kappa shape index (κ3) is 26.5. The van der Waals surface area contributed by atoms with Crippen LogP contribution in [0.4, 0.5) is 0 Å². The third-order valence-electron chi connectivity index (χ3n) is 0.604. The Morgan fingerprint density at radius 2 is 1.73 bits per heavy atom. The van der Waals surface area contributed by atoms with E-state index in [1.165, 1.54) is 19.4 Å². The maximum absolute atomic E-state index is 9.69. The van der Waals surface area contributed by atoms with E-state index in [9.17, 15) is 4.57 Å². The molecule has 0 radical (unpaired) electrons. The molecular formula is C6H13O4P. The van der Waals surface area contributed by atoms with Crippen molar-refractivity contribution in [2.24, 2.45) is 0 Å². The van der Waals surface area contributed by atoms with Crippen LogP contribution in [0.3, 0.4) is 0 Å². The van der Waals surface area contributed by atoms with Gasteiger partial charge in [0.1, 0.15) is 0 Å². The molecule has 2 N–H and O–H groups in total. The normalized spacial score (nSPS) is 9.00. The Labute approximate surface area is 66.4 Å². The van der Waals surface area contributed by atoms with Crippen LogP contribution in [-0.2, 0) is 9.30 Å². The van der Waals surface area contributed by atoms with Gasteiger partial charge in [-0.3, -0.25) is 4.57 Å².